The number of hydrogen-bond acceptors (Lipinski definition) is 4. The van der Waals surface area contributed by atoms with Gasteiger partial charge in [-0.2, -0.15) is 0 Å². The van der Waals surface area contributed by atoms with Gasteiger partial charge in [0.2, 0.25) is 0 Å². The Hall–Kier alpha value is -1.10. The van der Waals surface area contributed by atoms with Gasteiger partial charge in [-0.05, 0) is 55.2 Å². The minimum absolute atomic E-state index is 0.125. The normalized spacial score (nSPS) is 23.1. The summed E-state index contributed by atoms with van der Waals surface area (Å²) in [5.41, 5.74) is 2.51. The molecule has 0 aliphatic heterocycles. The zero-order valence-corrected chi connectivity index (χ0v) is 15.5. The van der Waals surface area contributed by atoms with Gasteiger partial charge in [-0.1, -0.05) is 32.9 Å². The monoisotopic (exact) mass is 335 g/mol. The van der Waals surface area contributed by atoms with Crippen LogP contribution >= 0.6 is 0 Å². The van der Waals surface area contributed by atoms with E-state index in [1.165, 1.54) is 5.56 Å². The van der Waals surface area contributed by atoms with Gasteiger partial charge in [-0.3, -0.25) is 0 Å². The highest BCUT2D eigenvalue weighted by molar-refractivity contribution is 5.38. The first kappa shape index (κ1) is 19.2. The average molecular weight is 335 g/mol. The van der Waals surface area contributed by atoms with Gasteiger partial charge in [0.25, 0.3) is 0 Å². The van der Waals surface area contributed by atoms with Gasteiger partial charge in [-0.25, -0.2) is 0 Å². The fourth-order valence-corrected chi connectivity index (χ4v) is 3.11. The fraction of sp³-hybridized carbons (Fsp3) is 0.700. The minimum atomic E-state index is -0.529. The van der Waals surface area contributed by atoms with E-state index >= 15 is 0 Å². The van der Waals surface area contributed by atoms with Crippen LogP contribution in [-0.2, 0) is 5.41 Å². The maximum Gasteiger partial charge on any atom is 0.122 e. The number of aryl methyl sites for hydroxylation is 1. The zero-order chi connectivity index (χ0) is 17.7. The smallest absolute Gasteiger partial charge is 0.122 e. The molecular weight excluding hydrogens is 302 g/mol. The quantitative estimate of drug-likeness (QED) is 0.748. The Balaban J connectivity index is 1.76. The van der Waals surface area contributed by atoms with Crippen LogP contribution in [0, 0.1) is 6.92 Å². The van der Waals surface area contributed by atoms with E-state index in [0.717, 1.165) is 37.0 Å². The summed E-state index contributed by atoms with van der Waals surface area (Å²) in [4.78, 5) is 0. The Labute approximate surface area is 146 Å². The predicted octanol–water partition coefficient (Wildman–Crippen LogP) is 2.93. The lowest BCUT2D eigenvalue weighted by molar-refractivity contribution is 0.0899. The molecule has 1 saturated carbocycles. The average Bonchev–Trinajstić information content (AvgIpc) is 2.52. The van der Waals surface area contributed by atoms with E-state index in [0.29, 0.717) is 12.6 Å². The molecule has 1 aromatic rings. The summed E-state index contributed by atoms with van der Waals surface area (Å²) in [6.45, 7) is 9.45. The first-order valence-corrected chi connectivity index (χ1v) is 9.09. The Morgan fingerprint density at radius 3 is 2.46 bits per heavy atom. The van der Waals surface area contributed by atoms with Crippen molar-refractivity contribution >= 4 is 0 Å². The molecule has 0 unspecified atom stereocenters. The van der Waals surface area contributed by atoms with Crippen molar-refractivity contribution in [1.82, 2.24) is 5.32 Å². The van der Waals surface area contributed by atoms with Gasteiger partial charge >= 0.3 is 0 Å². The number of ether oxygens (including phenoxy) is 1. The van der Waals surface area contributed by atoms with E-state index in [1.54, 1.807) is 0 Å². The molecule has 1 aliphatic rings. The van der Waals surface area contributed by atoms with E-state index in [9.17, 15) is 10.2 Å². The molecule has 0 amide bonds. The van der Waals surface area contributed by atoms with Gasteiger partial charge in [0.1, 0.15) is 18.5 Å². The molecule has 0 radical (unpaired) electrons. The van der Waals surface area contributed by atoms with Gasteiger partial charge < -0.3 is 20.3 Å². The van der Waals surface area contributed by atoms with Crippen molar-refractivity contribution in [2.24, 2.45) is 0 Å². The first-order chi connectivity index (χ1) is 11.3. The molecule has 1 fully saturated rings. The van der Waals surface area contributed by atoms with E-state index < -0.39 is 6.10 Å². The van der Waals surface area contributed by atoms with E-state index in [2.05, 4.69) is 38.2 Å². The summed E-state index contributed by atoms with van der Waals surface area (Å²) in [5.74, 6) is 0.836. The molecule has 4 nitrogen and oxygen atoms in total. The minimum Gasteiger partial charge on any atom is -0.491 e. The fourth-order valence-electron chi connectivity index (χ4n) is 3.11. The molecule has 3 N–H and O–H groups in total. The third kappa shape index (κ3) is 5.76. The van der Waals surface area contributed by atoms with Crippen LogP contribution in [-0.4, -0.2) is 41.6 Å². The predicted molar refractivity (Wildman–Crippen MR) is 97.6 cm³/mol. The number of nitrogens with one attached hydrogen (secondary N) is 1. The second-order valence-electron chi connectivity index (χ2n) is 8.11. The lowest BCUT2D eigenvalue weighted by atomic mass is 9.86. The summed E-state index contributed by atoms with van der Waals surface area (Å²) in [7, 11) is 0. The van der Waals surface area contributed by atoms with Crippen molar-refractivity contribution in [2.45, 2.75) is 77.0 Å². The van der Waals surface area contributed by atoms with Crippen LogP contribution in [0.25, 0.3) is 0 Å². The Kier molecular flexibility index (Phi) is 6.67. The van der Waals surface area contributed by atoms with Crippen LogP contribution in [0.2, 0.25) is 0 Å². The third-order valence-corrected chi connectivity index (χ3v) is 4.81. The number of hydrogen-bond donors (Lipinski definition) is 3. The van der Waals surface area contributed by atoms with E-state index in [4.69, 9.17) is 4.74 Å². The van der Waals surface area contributed by atoms with Crippen molar-refractivity contribution in [2.75, 3.05) is 13.2 Å². The first-order valence-electron chi connectivity index (χ1n) is 9.09. The molecule has 4 heteroatoms. The van der Waals surface area contributed by atoms with Crippen LogP contribution < -0.4 is 10.1 Å². The maximum absolute atomic E-state index is 10.1. The number of benzene rings is 1. The molecule has 136 valence electrons. The van der Waals surface area contributed by atoms with Crippen molar-refractivity contribution in [3.8, 4) is 5.75 Å². The molecule has 1 atom stereocenters. The summed E-state index contributed by atoms with van der Waals surface area (Å²) < 4.78 is 5.79. The second-order valence-corrected chi connectivity index (χ2v) is 8.11. The largest absolute Gasteiger partial charge is 0.491 e. The van der Waals surface area contributed by atoms with Crippen LogP contribution in [0.4, 0.5) is 0 Å². The van der Waals surface area contributed by atoms with E-state index in [-0.39, 0.29) is 18.1 Å². The maximum atomic E-state index is 10.1. The van der Waals surface area contributed by atoms with Gasteiger partial charge in [-0.15, -0.1) is 0 Å². The lowest BCUT2D eigenvalue weighted by Gasteiger charge is -2.27. The van der Waals surface area contributed by atoms with E-state index in [1.807, 2.05) is 13.0 Å². The molecule has 0 saturated heterocycles. The molecule has 0 aromatic heterocycles. The molecule has 0 bridgehead atoms. The summed E-state index contributed by atoms with van der Waals surface area (Å²) in [6, 6.07) is 6.66. The summed E-state index contributed by atoms with van der Waals surface area (Å²) in [5, 5.41) is 23.0. The summed E-state index contributed by atoms with van der Waals surface area (Å²) in [6.07, 6.45) is 2.98. The molecule has 0 spiro atoms. The number of aliphatic hydroxyl groups is 2. The van der Waals surface area contributed by atoms with Gasteiger partial charge in [0, 0.05) is 12.6 Å². The highest BCUT2D eigenvalue weighted by Crippen LogP contribution is 2.27. The molecule has 24 heavy (non-hydrogen) atoms. The standard InChI is InChI=1S/C20H33NO3/c1-14-11-15(20(2,3)4)5-10-19(14)24-13-18(23)12-21-16-6-8-17(22)9-7-16/h5,10-11,16-18,21-23H,6-9,12-13H2,1-4H3/t16?,17?,18-/m0/s1. The molecule has 2 rings (SSSR count). The molecule has 0 heterocycles. The molecule has 1 aliphatic carbocycles. The van der Waals surface area contributed by atoms with Crippen molar-refractivity contribution in [1.29, 1.82) is 0 Å². The van der Waals surface area contributed by atoms with Gasteiger partial charge in [0.05, 0.1) is 6.10 Å². The topological polar surface area (TPSA) is 61.7 Å². The van der Waals surface area contributed by atoms with Crippen LogP contribution in [0.1, 0.15) is 57.6 Å². The van der Waals surface area contributed by atoms with Crippen LogP contribution in [0.15, 0.2) is 18.2 Å². The lowest BCUT2D eigenvalue weighted by Crippen LogP contribution is -2.40. The Bertz CT molecular complexity index is 516. The number of aliphatic hydroxyl groups excluding tert-OH is 2. The third-order valence-electron chi connectivity index (χ3n) is 4.81. The van der Waals surface area contributed by atoms with Crippen molar-refractivity contribution in [3.63, 3.8) is 0 Å². The van der Waals surface area contributed by atoms with Crippen LogP contribution in [0.3, 0.4) is 0 Å². The second kappa shape index (κ2) is 8.32. The highest BCUT2D eigenvalue weighted by atomic mass is 16.5. The number of rotatable bonds is 6. The molecular formula is C20H33NO3. The molecule has 1 aromatic carbocycles. The zero-order valence-electron chi connectivity index (χ0n) is 15.5. The van der Waals surface area contributed by atoms with Gasteiger partial charge in [0.15, 0.2) is 0 Å². The van der Waals surface area contributed by atoms with Crippen LogP contribution in [0.5, 0.6) is 5.75 Å². The van der Waals surface area contributed by atoms with Crippen molar-refractivity contribution < 1.29 is 14.9 Å². The Morgan fingerprint density at radius 1 is 1.21 bits per heavy atom. The SMILES string of the molecule is Cc1cc(C(C)(C)C)ccc1OC[C@@H](O)CNC1CCC(O)CC1. The van der Waals surface area contributed by atoms with Crippen molar-refractivity contribution in [3.05, 3.63) is 29.3 Å². The summed E-state index contributed by atoms with van der Waals surface area (Å²) >= 11 is 0. The Morgan fingerprint density at radius 2 is 1.88 bits per heavy atom. The highest BCUT2D eigenvalue weighted by Gasteiger charge is 2.20.